The van der Waals surface area contributed by atoms with Crippen LogP contribution in [0.1, 0.15) is 48.9 Å². The lowest BCUT2D eigenvalue weighted by Gasteiger charge is -2.38. The molecule has 0 radical (unpaired) electrons. The Balaban J connectivity index is 1.79. The molecule has 0 bridgehead atoms. The van der Waals surface area contributed by atoms with E-state index in [1.807, 2.05) is 6.07 Å². The van der Waals surface area contributed by atoms with Gasteiger partial charge in [-0.15, -0.1) is 0 Å². The lowest BCUT2D eigenvalue weighted by molar-refractivity contribution is -0.108. The maximum absolute atomic E-state index is 11.3. The first-order valence-electron chi connectivity index (χ1n) is 7.42. The number of para-hydroxylation sites is 1. The standard InChI is InChI=1S/C16H19BrO4/c17-13-5-3-4-12(15(18)19)14(13)21-11-6-9-20-16(10-11)7-1-2-8-16/h3-5,11H,1-2,6-10H2,(H,18,19). The highest BCUT2D eigenvalue weighted by atomic mass is 79.9. The SMILES string of the molecule is O=C(O)c1cccc(Br)c1OC1CCOC2(CCCC2)C1. The molecule has 0 aromatic heterocycles. The Morgan fingerprint density at radius 1 is 1.38 bits per heavy atom. The predicted molar refractivity (Wildman–Crippen MR) is 81.9 cm³/mol. The van der Waals surface area contributed by atoms with Gasteiger partial charge in [0.05, 0.1) is 16.7 Å². The van der Waals surface area contributed by atoms with Crippen molar-refractivity contribution in [3.8, 4) is 5.75 Å². The Kier molecular flexibility index (Phi) is 4.22. The van der Waals surface area contributed by atoms with Crippen LogP contribution in [0.4, 0.5) is 0 Å². The van der Waals surface area contributed by atoms with Gasteiger partial charge in [0.15, 0.2) is 0 Å². The fraction of sp³-hybridized carbons (Fsp3) is 0.562. The normalized spacial score (nSPS) is 24.1. The highest BCUT2D eigenvalue weighted by molar-refractivity contribution is 9.10. The zero-order chi connectivity index (χ0) is 14.9. The van der Waals surface area contributed by atoms with Crippen molar-refractivity contribution in [1.29, 1.82) is 0 Å². The lowest BCUT2D eigenvalue weighted by Crippen LogP contribution is -2.41. The van der Waals surface area contributed by atoms with Gasteiger partial charge in [-0.1, -0.05) is 18.9 Å². The van der Waals surface area contributed by atoms with Crippen LogP contribution in [0, 0.1) is 0 Å². The summed E-state index contributed by atoms with van der Waals surface area (Å²) in [6, 6.07) is 5.10. The number of hydrogen-bond acceptors (Lipinski definition) is 3. The Morgan fingerprint density at radius 3 is 2.86 bits per heavy atom. The van der Waals surface area contributed by atoms with Crippen LogP contribution in [0.5, 0.6) is 5.75 Å². The van der Waals surface area contributed by atoms with Crippen LogP contribution in [0.3, 0.4) is 0 Å². The topological polar surface area (TPSA) is 55.8 Å². The molecule has 4 nitrogen and oxygen atoms in total. The van der Waals surface area contributed by atoms with Gasteiger partial charge in [0.1, 0.15) is 17.4 Å². The molecule has 0 amide bonds. The van der Waals surface area contributed by atoms with Gasteiger partial charge in [-0.05, 0) is 40.9 Å². The highest BCUT2D eigenvalue weighted by Gasteiger charge is 2.41. The van der Waals surface area contributed by atoms with Crippen LogP contribution in [0.2, 0.25) is 0 Å². The molecule has 1 aliphatic carbocycles. The van der Waals surface area contributed by atoms with Crippen molar-refractivity contribution < 1.29 is 19.4 Å². The van der Waals surface area contributed by atoms with Crippen molar-refractivity contribution in [2.24, 2.45) is 0 Å². The van der Waals surface area contributed by atoms with Crippen LogP contribution in [-0.4, -0.2) is 29.4 Å². The molecule has 1 aromatic carbocycles. The number of carboxylic acids is 1. The molecule has 1 spiro atoms. The second kappa shape index (κ2) is 5.97. The molecular weight excluding hydrogens is 336 g/mol. The van der Waals surface area contributed by atoms with Gasteiger partial charge in [-0.2, -0.15) is 0 Å². The number of rotatable bonds is 3. The number of hydrogen-bond donors (Lipinski definition) is 1. The second-order valence-electron chi connectivity index (χ2n) is 5.89. The minimum Gasteiger partial charge on any atom is -0.488 e. The molecule has 1 atom stereocenters. The van der Waals surface area contributed by atoms with Crippen LogP contribution in [0.25, 0.3) is 0 Å². The first-order valence-corrected chi connectivity index (χ1v) is 8.21. The van der Waals surface area contributed by atoms with Crippen molar-refractivity contribution >= 4 is 21.9 Å². The van der Waals surface area contributed by atoms with E-state index in [4.69, 9.17) is 9.47 Å². The predicted octanol–water partition coefficient (Wildman–Crippen LogP) is 4.02. The third-order valence-electron chi connectivity index (χ3n) is 4.44. The number of halogens is 1. The number of aromatic carboxylic acids is 1. The molecule has 1 heterocycles. The van der Waals surface area contributed by atoms with E-state index in [2.05, 4.69) is 15.9 Å². The summed E-state index contributed by atoms with van der Waals surface area (Å²) in [4.78, 5) is 11.3. The highest BCUT2D eigenvalue weighted by Crippen LogP contribution is 2.42. The number of carboxylic acid groups (broad SMARTS) is 1. The molecule has 2 aliphatic rings. The van der Waals surface area contributed by atoms with Crippen LogP contribution in [-0.2, 0) is 4.74 Å². The van der Waals surface area contributed by atoms with Gasteiger partial charge in [0, 0.05) is 12.8 Å². The Labute approximate surface area is 132 Å². The van der Waals surface area contributed by atoms with E-state index in [1.165, 1.54) is 12.8 Å². The summed E-state index contributed by atoms with van der Waals surface area (Å²) in [5.41, 5.74) is 0.171. The number of carbonyl (C=O) groups is 1. The van der Waals surface area contributed by atoms with Crippen LogP contribution < -0.4 is 4.74 Å². The molecule has 21 heavy (non-hydrogen) atoms. The lowest BCUT2D eigenvalue weighted by atomic mass is 9.90. The summed E-state index contributed by atoms with van der Waals surface area (Å²) >= 11 is 3.40. The second-order valence-corrected chi connectivity index (χ2v) is 6.75. The summed E-state index contributed by atoms with van der Waals surface area (Å²) in [7, 11) is 0. The van der Waals surface area contributed by atoms with Crippen molar-refractivity contribution in [2.45, 2.75) is 50.2 Å². The Hall–Kier alpha value is -1.07. The van der Waals surface area contributed by atoms with E-state index >= 15 is 0 Å². The van der Waals surface area contributed by atoms with Gasteiger partial charge in [-0.3, -0.25) is 0 Å². The monoisotopic (exact) mass is 354 g/mol. The quantitative estimate of drug-likeness (QED) is 0.890. The van der Waals surface area contributed by atoms with Crippen LogP contribution in [0.15, 0.2) is 22.7 Å². The maximum atomic E-state index is 11.3. The summed E-state index contributed by atoms with van der Waals surface area (Å²) in [5, 5.41) is 9.30. The fourth-order valence-corrected chi connectivity index (χ4v) is 3.87. The smallest absolute Gasteiger partial charge is 0.339 e. The molecule has 1 unspecified atom stereocenters. The molecule has 1 saturated heterocycles. The average Bonchev–Trinajstić information content (AvgIpc) is 2.89. The van der Waals surface area contributed by atoms with Crippen molar-refractivity contribution in [2.75, 3.05) is 6.61 Å². The molecule has 1 N–H and O–H groups in total. The van der Waals surface area contributed by atoms with E-state index in [-0.39, 0.29) is 17.3 Å². The number of benzene rings is 1. The van der Waals surface area contributed by atoms with Crippen molar-refractivity contribution in [3.63, 3.8) is 0 Å². The summed E-state index contributed by atoms with van der Waals surface area (Å²) in [6.45, 7) is 0.692. The Bertz CT molecular complexity index is 537. The molecule has 1 aromatic rings. The van der Waals surface area contributed by atoms with Gasteiger partial charge in [-0.25, -0.2) is 4.79 Å². The Morgan fingerprint density at radius 2 is 2.14 bits per heavy atom. The average molecular weight is 355 g/mol. The third-order valence-corrected chi connectivity index (χ3v) is 5.07. The summed E-state index contributed by atoms with van der Waals surface area (Å²) in [6.07, 6.45) is 6.29. The fourth-order valence-electron chi connectivity index (χ4n) is 3.41. The molecule has 3 rings (SSSR count). The minimum absolute atomic E-state index is 0.0219. The van der Waals surface area contributed by atoms with Gasteiger partial charge in [0.25, 0.3) is 0 Å². The molecule has 1 aliphatic heterocycles. The minimum atomic E-state index is -0.964. The molecule has 5 heteroatoms. The van der Waals surface area contributed by atoms with Gasteiger partial charge >= 0.3 is 5.97 Å². The first-order chi connectivity index (χ1) is 10.1. The van der Waals surface area contributed by atoms with Crippen LogP contribution >= 0.6 is 15.9 Å². The van der Waals surface area contributed by atoms with E-state index in [0.717, 1.165) is 25.7 Å². The summed E-state index contributed by atoms with van der Waals surface area (Å²) in [5.74, 6) is -0.529. The van der Waals surface area contributed by atoms with Crippen molar-refractivity contribution in [3.05, 3.63) is 28.2 Å². The molecule has 1 saturated carbocycles. The number of ether oxygens (including phenoxy) is 2. The largest absolute Gasteiger partial charge is 0.488 e. The zero-order valence-electron chi connectivity index (χ0n) is 11.8. The van der Waals surface area contributed by atoms with E-state index in [1.54, 1.807) is 12.1 Å². The van der Waals surface area contributed by atoms with E-state index in [9.17, 15) is 9.90 Å². The van der Waals surface area contributed by atoms with E-state index < -0.39 is 5.97 Å². The zero-order valence-corrected chi connectivity index (χ0v) is 13.4. The van der Waals surface area contributed by atoms with E-state index in [0.29, 0.717) is 16.8 Å². The molecule has 114 valence electrons. The third kappa shape index (κ3) is 3.09. The van der Waals surface area contributed by atoms with Gasteiger partial charge in [0.2, 0.25) is 0 Å². The first kappa shape index (κ1) is 14.9. The summed E-state index contributed by atoms with van der Waals surface area (Å²) < 4.78 is 12.7. The molecule has 2 fully saturated rings. The van der Waals surface area contributed by atoms with Gasteiger partial charge < -0.3 is 14.6 Å². The molecular formula is C16H19BrO4. The maximum Gasteiger partial charge on any atom is 0.339 e. The van der Waals surface area contributed by atoms with Crippen molar-refractivity contribution in [1.82, 2.24) is 0 Å².